The van der Waals surface area contributed by atoms with E-state index < -0.39 is 0 Å². The van der Waals surface area contributed by atoms with Gasteiger partial charge < -0.3 is 9.73 Å². The monoisotopic (exact) mass is 318 g/mol. The Hall–Kier alpha value is -2.28. The number of amides is 1. The lowest BCUT2D eigenvalue weighted by molar-refractivity contribution is -0.116. The molecule has 0 saturated carbocycles. The summed E-state index contributed by atoms with van der Waals surface area (Å²) in [7, 11) is 0. The fourth-order valence-corrected chi connectivity index (χ4v) is 2.85. The zero-order chi connectivity index (χ0) is 16.2. The first-order valence-corrected chi connectivity index (χ1v) is 7.71. The molecule has 0 radical (unpaired) electrons. The molecule has 1 aromatic carbocycles. The maximum absolute atomic E-state index is 13.1. The molecular weight excluding hydrogens is 299 g/mol. The number of hydrogen-bond acceptors (Lipinski definition) is 5. The molecule has 1 N–H and O–H groups in total. The van der Waals surface area contributed by atoms with Crippen LogP contribution in [0, 0.1) is 12.7 Å². The van der Waals surface area contributed by atoms with Gasteiger partial charge in [-0.05, 0) is 37.6 Å². The first kappa shape index (κ1) is 15.6. The molecular formula is C16H19FN4O2. The number of likely N-dealkylation sites (tertiary alicyclic amines) is 1. The minimum Gasteiger partial charge on any atom is -0.424 e. The van der Waals surface area contributed by atoms with Crippen LogP contribution < -0.4 is 5.32 Å². The van der Waals surface area contributed by atoms with Crippen molar-refractivity contribution >= 4 is 11.6 Å². The predicted molar refractivity (Wildman–Crippen MR) is 82.2 cm³/mol. The number of aryl methyl sites for hydroxylation is 1. The average molecular weight is 318 g/mol. The summed E-state index contributed by atoms with van der Waals surface area (Å²) in [6.45, 7) is 3.27. The number of anilines is 1. The van der Waals surface area contributed by atoms with Crippen molar-refractivity contribution < 1.29 is 13.6 Å². The van der Waals surface area contributed by atoms with Gasteiger partial charge in [0, 0.05) is 25.6 Å². The third kappa shape index (κ3) is 3.92. The molecule has 1 saturated heterocycles. The van der Waals surface area contributed by atoms with E-state index in [0.29, 0.717) is 30.4 Å². The maximum Gasteiger partial charge on any atom is 0.233 e. The van der Waals surface area contributed by atoms with Crippen molar-refractivity contribution in [2.24, 2.45) is 0 Å². The second-order valence-electron chi connectivity index (χ2n) is 5.66. The molecule has 6 nitrogen and oxygen atoms in total. The highest BCUT2D eigenvalue weighted by Gasteiger charge is 2.30. The molecule has 0 spiro atoms. The highest BCUT2D eigenvalue weighted by molar-refractivity contribution is 5.90. The number of carbonyl (C=O) groups is 1. The Morgan fingerprint density at radius 2 is 2.35 bits per heavy atom. The van der Waals surface area contributed by atoms with Crippen LogP contribution in [0.25, 0.3) is 0 Å². The van der Waals surface area contributed by atoms with Crippen LogP contribution >= 0.6 is 0 Å². The number of nitrogens with one attached hydrogen (secondary N) is 1. The third-order valence-electron chi connectivity index (χ3n) is 3.92. The number of hydrogen-bond donors (Lipinski definition) is 1. The number of rotatable bonds is 5. The van der Waals surface area contributed by atoms with E-state index in [0.717, 1.165) is 19.4 Å². The molecule has 122 valence electrons. The molecule has 0 aliphatic carbocycles. The number of carbonyl (C=O) groups excluding carboxylic acids is 1. The van der Waals surface area contributed by atoms with E-state index in [1.807, 2.05) is 0 Å². The quantitative estimate of drug-likeness (QED) is 0.918. The molecule has 0 unspecified atom stereocenters. The van der Waals surface area contributed by atoms with Gasteiger partial charge in [-0.15, -0.1) is 10.2 Å². The SMILES string of the molecule is Cc1nnc([C@H]2CCCN2CCC(=O)Nc2cccc(F)c2)o1. The lowest BCUT2D eigenvalue weighted by Gasteiger charge is -2.21. The summed E-state index contributed by atoms with van der Waals surface area (Å²) in [5.41, 5.74) is 0.473. The number of nitrogens with zero attached hydrogens (tertiary/aromatic N) is 3. The smallest absolute Gasteiger partial charge is 0.233 e. The predicted octanol–water partition coefficient (Wildman–Crippen LogP) is 2.68. The van der Waals surface area contributed by atoms with Gasteiger partial charge in [0.25, 0.3) is 0 Å². The standard InChI is InChI=1S/C16H19FN4O2/c1-11-19-20-16(23-11)14-6-3-8-21(14)9-7-15(22)18-13-5-2-4-12(17)10-13/h2,4-5,10,14H,3,6-9H2,1H3,(H,18,22)/t14-/m1/s1. The summed E-state index contributed by atoms with van der Waals surface area (Å²) in [5.74, 6) is 0.665. The van der Waals surface area contributed by atoms with Crippen molar-refractivity contribution in [2.45, 2.75) is 32.2 Å². The highest BCUT2D eigenvalue weighted by atomic mass is 19.1. The molecule has 2 heterocycles. The van der Waals surface area contributed by atoms with E-state index in [1.54, 1.807) is 19.1 Å². The zero-order valence-corrected chi connectivity index (χ0v) is 13.0. The van der Waals surface area contributed by atoms with Crippen LogP contribution in [0.4, 0.5) is 10.1 Å². The van der Waals surface area contributed by atoms with Gasteiger partial charge in [0.05, 0.1) is 6.04 Å². The van der Waals surface area contributed by atoms with E-state index in [4.69, 9.17) is 4.42 Å². The fourth-order valence-electron chi connectivity index (χ4n) is 2.85. The van der Waals surface area contributed by atoms with Gasteiger partial charge in [0.1, 0.15) is 5.82 Å². The van der Waals surface area contributed by atoms with Crippen LogP contribution in [0.3, 0.4) is 0 Å². The number of aromatic nitrogens is 2. The summed E-state index contributed by atoms with van der Waals surface area (Å²) in [4.78, 5) is 14.2. The minimum atomic E-state index is -0.367. The summed E-state index contributed by atoms with van der Waals surface area (Å²) >= 11 is 0. The summed E-state index contributed by atoms with van der Waals surface area (Å²) < 4.78 is 18.6. The van der Waals surface area contributed by atoms with Crippen molar-refractivity contribution in [1.29, 1.82) is 0 Å². The van der Waals surface area contributed by atoms with Crippen molar-refractivity contribution in [3.63, 3.8) is 0 Å². The molecule has 2 aromatic rings. The van der Waals surface area contributed by atoms with E-state index in [-0.39, 0.29) is 17.8 Å². The Morgan fingerprint density at radius 3 is 3.09 bits per heavy atom. The van der Waals surface area contributed by atoms with Gasteiger partial charge >= 0.3 is 0 Å². The Balaban J connectivity index is 1.54. The van der Waals surface area contributed by atoms with Gasteiger partial charge in [0.2, 0.25) is 17.7 Å². The average Bonchev–Trinajstić information content (AvgIpc) is 3.13. The molecule has 0 bridgehead atoms. The van der Waals surface area contributed by atoms with E-state index >= 15 is 0 Å². The van der Waals surface area contributed by atoms with Crippen molar-refractivity contribution in [3.8, 4) is 0 Å². The highest BCUT2D eigenvalue weighted by Crippen LogP contribution is 2.30. The molecule has 1 atom stereocenters. The minimum absolute atomic E-state index is 0.0816. The van der Waals surface area contributed by atoms with Crippen LogP contribution in [-0.4, -0.2) is 34.1 Å². The molecule has 1 aliphatic rings. The fraction of sp³-hybridized carbons (Fsp3) is 0.438. The second kappa shape index (κ2) is 6.87. The zero-order valence-electron chi connectivity index (χ0n) is 13.0. The van der Waals surface area contributed by atoms with Gasteiger partial charge in [-0.3, -0.25) is 9.69 Å². The van der Waals surface area contributed by atoms with Gasteiger partial charge in [0.15, 0.2) is 0 Å². The van der Waals surface area contributed by atoms with Crippen molar-refractivity contribution in [2.75, 3.05) is 18.4 Å². The van der Waals surface area contributed by atoms with E-state index in [2.05, 4.69) is 20.4 Å². The first-order chi connectivity index (χ1) is 11.1. The Labute approximate surface area is 133 Å². The topological polar surface area (TPSA) is 71.3 Å². The van der Waals surface area contributed by atoms with E-state index in [9.17, 15) is 9.18 Å². The molecule has 1 amide bonds. The summed E-state index contributed by atoms with van der Waals surface area (Å²) in [6.07, 6.45) is 2.32. The Morgan fingerprint density at radius 1 is 1.48 bits per heavy atom. The largest absolute Gasteiger partial charge is 0.424 e. The normalized spacial score (nSPS) is 18.3. The molecule has 1 aromatic heterocycles. The second-order valence-corrected chi connectivity index (χ2v) is 5.66. The lowest BCUT2D eigenvalue weighted by atomic mass is 10.2. The lowest BCUT2D eigenvalue weighted by Crippen LogP contribution is -2.28. The van der Waals surface area contributed by atoms with Gasteiger partial charge in [-0.25, -0.2) is 4.39 Å². The first-order valence-electron chi connectivity index (χ1n) is 7.71. The van der Waals surface area contributed by atoms with Crippen LogP contribution in [0.5, 0.6) is 0 Å². The van der Waals surface area contributed by atoms with Crippen molar-refractivity contribution in [1.82, 2.24) is 15.1 Å². The number of halogens is 1. The van der Waals surface area contributed by atoms with Gasteiger partial charge in [-0.1, -0.05) is 6.07 Å². The third-order valence-corrected chi connectivity index (χ3v) is 3.92. The Bertz CT molecular complexity index is 688. The van der Waals surface area contributed by atoms with Gasteiger partial charge in [-0.2, -0.15) is 0 Å². The maximum atomic E-state index is 13.1. The molecule has 3 rings (SSSR count). The van der Waals surface area contributed by atoms with E-state index in [1.165, 1.54) is 12.1 Å². The Kier molecular flexibility index (Phi) is 4.66. The molecule has 1 aliphatic heterocycles. The molecule has 1 fully saturated rings. The number of benzene rings is 1. The van der Waals surface area contributed by atoms with Crippen LogP contribution in [0.2, 0.25) is 0 Å². The van der Waals surface area contributed by atoms with Crippen molar-refractivity contribution in [3.05, 3.63) is 41.9 Å². The summed E-state index contributed by atoms with van der Waals surface area (Å²) in [6, 6.07) is 5.97. The van der Waals surface area contributed by atoms with Crippen LogP contribution in [0.15, 0.2) is 28.7 Å². The van der Waals surface area contributed by atoms with Crippen LogP contribution in [-0.2, 0) is 4.79 Å². The summed E-state index contributed by atoms with van der Waals surface area (Å²) in [5, 5.41) is 10.7. The molecule has 23 heavy (non-hydrogen) atoms. The van der Waals surface area contributed by atoms with Crippen LogP contribution in [0.1, 0.15) is 37.1 Å². The molecule has 7 heteroatoms.